The second-order valence-electron chi connectivity index (χ2n) is 9.06. The molecule has 0 saturated carbocycles. The SMILES string of the molecule is CCCN(Cc1c(C)nn(-c2cccc(F)c2)c1N1CCN(CC)CC1)C(=O)Nc1cccc(Cl)c1. The van der Waals surface area contributed by atoms with E-state index < -0.39 is 0 Å². The fourth-order valence-corrected chi connectivity index (χ4v) is 4.79. The van der Waals surface area contributed by atoms with Crippen LogP contribution in [0.25, 0.3) is 5.69 Å². The number of hydrogen-bond donors (Lipinski definition) is 1. The van der Waals surface area contributed by atoms with Crippen LogP contribution in [0, 0.1) is 12.7 Å². The maximum absolute atomic E-state index is 14.2. The van der Waals surface area contributed by atoms with Crippen LogP contribution in [0.1, 0.15) is 31.5 Å². The predicted octanol–water partition coefficient (Wildman–Crippen LogP) is 5.56. The first kappa shape index (κ1) is 26.0. The number of anilines is 2. The van der Waals surface area contributed by atoms with Gasteiger partial charge in [0.1, 0.15) is 11.6 Å². The molecule has 36 heavy (non-hydrogen) atoms. The number of urea groups is 1. The Kier molecular flexibility index (Phi) is 8.48. The summed E-state index contributed by atoms with van der Waals surface area (Å²) in [5.41, 5.74) is 3.11. The number of halogens is 2. The molecule has 1 saturated heterocycles. The van der Waals surface area contributed by atoms with Gasteiger partial charge in [0.25, 0.3) is 0 Å². The first-order valence-corrected chi connectivity index (χ1v) is 12.9. The molecule has 1 N–H and O–H groups in total. The van der Waals surface area contributed by atoms with Gasteiger partial charge >= 0.3 is 6.03 Å². The first-order chi connectivity index (χ1) is 17.4. The number of piperazine rings is 1. The van der Waals surface area contributed by atoms with Crippen molar-refractivity contribution in [2.45, 2.75) is 33.7 Å². The lowest BCUT2D eigenvalue weighted by molar-refractivity contribution is 0.209. The number of aromatic nitrogens is 2. The molecule has 1 aliphatic heterocycles. The number of rotatable bonds is 8. The van der Waals surface area contributed by atoms with Crippen molar-refractivity contribution in [2.75, 3.05) is 49.5 Å². The van der Waals surface area contributed by atoms with Crippen molar-refractivity contribution in [2.24, 2.45) is 0 Å². The van der Waals surface area contributed by atoms with Gasteiger partial charge in [-0.1, -0.05) is 37.6 Å². The van der Waals surface area contributed by atoms with Crippen LogP contribution in [0.15, 0.2) is 48.5 Å². The minimum Gasteiger partial charge on any atom is -0.354 e. The minimum atomic E-state index is -0.308. The molecule has 4 rings (SSSR count). The summed E-state index contributed by atoms with van der Waals surface area (Å²) in [5.74, 6) is 0.614. The fourth-order valence-electron chi connectivity index (χ4n) is 4.60. The number of carbonyl (C=O) groups is 1. The van der Waals surface area contributed by atoms with E-state index in [9.17, 15) is 9.18 Å². The zero-order valence-electron chi connectivity index (χ0n) is 21.2. The van der Waals surface area contributed by atoms with E-state index >= 15 is 0 Å². The van der Waals surface area contributed by atoms with Crippen LogP contribution in [0.2, 0.25) is 5.02 Å². The summed E-state index contributed by atoms with van der Waals surface area (Å²) in [6.45, 7) is 11.7. The van der Waals surface area contributed by atoms with E-state index in [1.54, 1.807) is 23.1 Å². The zero-order valence-corrected chi connectivity index (χ0v) is 21.9. The summed E-state index contributed by atoms with van der Waals surface area (Å²) >= 11 is 6.11. The van der Waals surface area contributed by atoms with Crippen molar-refractivity contribution in [3.63, 3.8) is 0 Å². The molecule has 2 amide bonds. The van der Waals surface area contributed by atoms with Crippen molar-refractivity contribution in [3.05, 3.63) is 70.6 Å². The highest BCUT2D eigenvalue weighted by Gasteiger charge is 2.27. The van der Waals surface area contributed by atoms with E-state index in [4.69, 9.17) is 16.7 Å². The summed E-state index contributed by atoms with van der Waals surface area (Å²) in [7, 11) is 0. The number of amides is 2. The summed E-state index contributed by atoms with van der Waals surface area (Å²) in [5, 5.41) is 8.36. The van der Waals surface area contributed by atoms with Crippen LogP contribution in [0.3, 0.4) is 0 Å². The van der Waals surface area contributed by atoms with Crippen molar-refractivity contribution >= 4 is 29.1 Å². The van der Waals surface area contributed by atoms with Gasteiger partial charge in [-0.05, 0) is 56.3 Å². The number of carbonyl (C=O) groups excluding carboxylic acids is 1. The molecule has 0 spiro atoms. The van der Waals surface area contributed by atoms with E-state index in [0.29, 0.717) is 29.5 Å². The minimum absolute atomic E-state index is 0.196. The van der Waals surface area contributed by atoms with Gasteiger partial charge in [0, 0.05) is 49.0 Å². The van der Waals surface area contributed by atoms with Crippen LogP contribution in [-0.2, 0) is 6.54 Å². The van der Waals surface area contributed by atoms with Gasteiger partial charge < -0.3 is 20.0 Å². The monoisotopic (exact) mass is 512 g/mol. The molecule has 0 aliphatic carbocycles. The predicted molar refractivity (Wildman–Crippen MR) is 144 cm³/mol. The second-order valence-corrected chi connectivity index (χ2v) is 9.50. The van der Waals surface area contributed by atoms with Crippen LogP contribution >= 0.6 is 11.6 Å². The molecule has 0 radical (unpaired) electrons. The largest absolute Gasteiger partial charge is 0.354 e. The third kappa shape index (κ3) is 5.99. The number of aryl methyl sites for hydroxylation is 1. The lowest BCUT2D eigenvalue weighted by atomic mass is 10.2. The standard InChI is InChI=1S/C27H34ClFN6O/c1-4-12-34(27(36)30-23-10-6-8-21(28)17-23)19-25-20(3)31-35(24-11-7-9-22(29)18-24)26(25)33-15-13-32(5-2)14-16-33/h6-11,17-18H,4-5,12-16,19H2,1-3H3,(H,30,36). The third-order valence-electron chi connectivity index (χ3n) is 6.53. The van der Waals surface area contributed by atoms with Gasteiger partial charge in [0.05, 0.1) is 17.9 Å². The fraction of sp³-hybridized carbons (Fsp3) is 0.407. The van der Waals surface area contributed by atoms with E-state index in [0.717, 1.165) is 56.2 Å². The summed E-state index contributed by atoms with van der Waals surface area (Å²) < 4.78 is 16.0. The Bertz CT molecular complexity index is 1190. The van der Waals surface area contributed by atoms with Crippen LogP contribution in [0.4, 0.5) is 20.7 Å². The molecule has 2 heterocycles. The molecule has 9 heteroatoms. The Morgan fingerprint density at radius 2 is 1.86 bits per heavy atom. The number of nitrogens with zero attached hydrogens (tertiary/aromatic N) is 5. The Labute approximate surface area is 217 Å². The molecule has 2 aromatic carbocycles. The van der Waals surface area contributed by atoms with Gasteiger partial charge in [-0.3, -0.25) is 0 Å². The topological polar surface area (TPSA) is 56.6 Å². The molecule has 3 aromatic rings. The summed E-state index contributed by atoms with van der Waals surface area (Å²) in [6, 6.07) is 13.4. The number of nitrogens with one attached hydrogen (secondary N) is 1. The molecule has 0 unspecified atom stereocenters. The van der Waals surface area contributed by atoms with Crippen molar-refractivity contribution in [3.8, 4) is 5.69 Å². The molecule has 7 nitrogen and oxygen atoms in total. The average molecular weight is 513 g/mol. The highest BCUT2D eigenvalue weighted by atomic mass is 35.5. The zero-order chi connectivity index (χ0) is 25.7. The normalized spacial score (nSPS) is 14.2. The van der Waals surface area contributed by atoms with Crippen molar-refractivity contribution in [1.82, 2.24) is 19.6 Å². The summed E-state index contributed by atoms with van der Waals surface area (Å²) in [6.07, 6.45) is 0.810. The maximum Gasteiger partial charge on any atom is 0.322 e. The number of hydrogen-bond acceptors (Lipinski definition) is 4. The molecular formula is C27H34ClFN6O. The van der Waals surface area contributed by atoms with Crippen molar-refractivity contribution in [1.29, 1.82) is 0 Å². The molecule has 1 aromatic heterocycles. The van der Waals surface area contributed by atoms with Crippen molar-refractivity contribution < 1.29 is 9.18 Å². The number of benzene rings is 2. The van der Waals surface area contributed by atoms with E-state index in [-0.39, 0.29) is 11.8 Å². The Morgan fingerprint density at radius 3 is 2.53 bits per heavy atom. The molecule has 0 atom stereocenters. The smallest absolute Gasteiger partial charge is 0.322 e. The first-order valence-electron chi connectivity index (χ1n) is 12.5. The van der Waals surface area contributed by atoms with Crippen LogP contribution < -0.4 is 10.2 Å². The van der Waals surface area contributed by atoms with Gasteiger partial charge in [0.2, 0.25) is 0 Å². The molecule has 192 valence electrons. The Morgan fingerprint density at radius 1 is 1.11 bits per heavy atom. The highest BCUT2D eigenvalue weighted by Crippen LogP contribution is 2.30. The highest BCUT2D eigenvalue weighted by molar-refractivity contribution is 6.30. The Hall–Kier alpha value is -3.10. The second kappa shape index (κ2) is 11.8. The molecule has 0 bridgehead atoms. The maximum atomic E-state index is 14.2. The van der Waals surface area contributed by atoms with Crippen LogP contribution in [0.5, 0.6) is 0 Å². The van der Waals surface area contributed by atoms with Gasteiger partial charge in [0.15, 0.2) is 0 Å². The molecule has 1 aliphatic rings. The Balaban J connectivity index is 1.68. The average Bonchev–Trinajstić information content (AvgIpc) is 3.19. The lowest BCUT2D eigenvalue weighted by Gasteiger charge is -2.36. The van der Waals surface area contributed by atoms with Gasteiger partial charge in [-0.2, -0.15) is 5.10 Å². The summed E-state index contributed by atoms with van der Waals surface area (Å²) in [4.78, 5) is 19.8. The lowest BCUT2D eigenvalue weighted by Crippen LogP contribution is -2.47. The van der Waals surface area contributed by atoms with E-state index in [1.165, 1.54) is 12.1 Å². The molecule has 1 fully saturated rings. The quantitative estimate of drug-likeness (QED) is 0.429. The van der Waals surface area contributed by atoms with Gasteiger partial charge in [-0.25, -0.2) is 13.9 Å². The van der Waals surface area contributed by atoms with E-state index in [1.807, 2.05) is 36.7 Å². The third-order valence-corrected chi connectivity index (χ3v) is 6.77. The number of likely N-dealkylation sites (N-methyl/N-ethyl adjacent to an activating group) is 1. The molecular weight excluding hydrogens is 479 g/mol. The van der Waals surface area contributed by atoms with E-state index in [2.05, 4.69) is 22.0 Å². The van der Waals surface area contributed by atoms with Gasteiger partial charge in [-0.15, -0.1) is 0 Å². The van der Waals surface area contributed by atoms with Crippen LogP contribution in [-0.4, -0.2) is 64.9 Å².